The maximum atomic E-state index is 12.3. The summed E-state index contributed by atoms with van der Waals surface area (Å²) in [5.41, 5.74) is 9.99. The summed E-state index contributed by atoms with van der Waals surface area (Å²) in [6.07, 6.45) is -4.30. The van der Waals surface area contributed by atoms with Crippen LogP contribution in [0.15, 0.2) is 47.3 Å². The third-order valence-electron chi connectivity index (χ3n) is 4.83. The van der Waals surface area contributed by atoms with Crippen LogP contribution in [0, 0.1) is 0 Å². The van der Waals surface area contributed by atoms with Crippen LogP contribution in [0.25, 0.3) is 10.4 Å². The average Bonchev–Trinajstić information content (AvgIpc) is 2.82. The zero-order chi connectivity index (χ0) is 26.7. The van der Waals surface area contributed by atoms with Gasteiger partial charge in [0.1, 0.15) is 12.1 Å². The summed E-state index contributed by atoms with van der Waals surface area (Å²) in [6.45, 7) is 3.24. The van der Waals surface area contributed by atoms with Gasteiger partial charge in [0.05, 0.1) is 20.3 Å². The highest BCUT2D eigenvalue weighted by Crippen LogP contribution is 2.30. The number of hydrogen-bond acceptors (Lipinski definition) is 11. The summed E-state index contributed by atoms with van der Waals surface area (Å²) in [6, 6.07) is 7.81. The molecule has 36 heavy (non-hydrogen) atoms. The highest BCUT2D eigenvalue weighted by Gasteiger charge is 2.48. The minimum Gasteiger partial charge on any atom is -0.479 e. The Morgan fingerprint density at radius 3 is 2.28 bits per heavy atom. The van der Waals surface area contributed by atoms with E-state index in [-0.39, 0.29) is 19.0 Å². The quantitative estimate of drug-likeness (QED) is 0.142. The van der Waals surface area contributed by atoms with Crippen molar-refractivity contribution in [2.45, 2.75) is 57.8 Å². The fraction of sp³-hybridized carbons (Fsp3) is 0.478. The van der Waals surface area contributed by atoms with Gasteiger partial charge < -0.3 is 28.4 Å². The van der Waals surface area contributed by atoms with E-state index in [4.69, 9.17) is 34.0 Å². The van der Waals surface area contributed by atoms with Gasteiger partial charge in [0, 0.05) is 31.8 Å². The molecule has 1 aromatic rings. The lowest BCUT2D eigenvalue weighted by Crippen LogP contribution is -2.55. The van der Waals surface area contributed by atoms with E-state index < -0.39 is 54.3 Å². The van der Waals surface area contributed by atoms with Crippen molar-refractivity contribution >= 4 is 23.9 Å². The van der Waals surface area contributed by atoms with Gasteiger partial charge in [-0.05, 0) is 11.1 Å². The molecule has 0 amide bonds. The molecule has 0 unspecified atom stereocenters. The van der Waals surface area contributed by atoms with Gasteiger partial charge in [-0.1, -0.05) is 35.4 Å². The van der Waals surface area contributed by atoms with E-state index in [1.165, 1.54) is 0 Å². The first kappa shape index (κ1) is 28.1. The predicted molar refractivity (Wildman–Crippen MR) is 121 cm³/mol. The van der Waals surface area contributed by atoms with Crippen LogP contribution in [0.2, 0.25) is 0 Å². The standard InChI is InChI=1S/C23H27N3O10/c1-13(27)33-17-10-18(23(30)31-4)36-22(20(17)25-26-24)21(35-15(3)29)19(34-14(2)28)12-32-11-16-8-6-5-7-9-16/h5-10,17,19-22H,11-12H2,1-4H3/t17-,19+,20+,21-,22+/m0/s1. The van der Waals surface area contributed by atoms with E-state index in [0.29, 0.717) is 0 Å². The Kier molecular flexibility index (Phi) is 10.7. The molecule has 0 radical (unpaired) electrons. The smallest absolute Gasteiger partial charge is 0.373 e. The van der Waals surface area contributed by atoms with E-state index in [1.54, 1.807) is 0 Å². The number of esters is 4. The molecule has 1 aliphatic rings. The van der Waals surface area contributed by atoms with E-state index >= 15 is 0 Å². The van der Waals surface area contributed by atoms with Crippen molar-refractivity contribution in [3.63, 3.8) is 0 Å². The van der Waals surface area contributed by atoms with Crippen LogP contribution < -0.4 is 0 Å². The number of benzene rings is 1. The first-order valence-electron chi connectivity index (χ1n) is 10.8. The van der Waals surface area contributed by atoms with Crippen molar-refractivity contribution in [3.05, 3.63) is 58.2 Å². The van der Waals surface area contributed by atoms with Gasteiger partial charge in [0.25, 0.3) is 0 Å². The Morgan fingerprint density at radius 2 is 1.72 bits per heavy atom. The maximum absolute atomic E-state index is 12.3. The monoisotopic (exact) mass is 505 g/mol. The van der Waals surface area contributed by atoms with Gasteiger partial charge in [-0.3, -0.25) is 14.4 Å². The molecular formula is C23H27N3O10. The third kappa shape index (κ3) is 8.29. The lowest BCUT2D eigenvalue weighted by Gasteiger charge is -2.39. The maximum Gasteiger partial charge on any atom is 0.373 e. The zero-order valence-electron chi connectivity index (χ0n) is 20.2. The van der Waals surface area contributed by atoms with Crippen molar-refractivity contribution in [1.29, 1.82) is 0 Å². The molecule has 0 fully saturated rings. The summed E-state index contributed by atoms with van der Waals surface area (Å²) in [7, 11) is 1.10. The molecule has 194 valence electrons. The second-order valence-electron chi connectivity index (χ2n) is 7.60. The molecule has 1 aromatic carbocycles. The number of azide groups is 1. The largest absolute Gasteiger partial charge is 0.479 e. The minimum absolute atomic E-state index is 0.139. The summed E-state index contributed by atoms with van der Waals surface area (Å²) in [5, 5.41) is 3.65. The molecule has 0 N–H and O–H groups in total. The molecule has 0 bridgehead atoms. The Labute approximate surface area is 206 Å². The predicted octanol–water partition coefficient (Wildman–Crippen LogP) is 2.13. The number of carbonyl (C=O) groups excluding carboxylic acids is 4. The number of ether oxygens (including phenoxy) is 6. The van der Waals surface area contributed by atoms with Gasteiger partial charge in [0.15, 0.2) is 18.3 Å². The molecule has 13 heteroatoms. The first-order chi connectivity index (χ1) is 17.2. The number of carbonyl (C=O) groups is 4. The van der Waals surface area contributed by atoms with Crippen LogP contribution in [0.5, 0.6) is 0 Å². The SMILES string of the molecule is COC(=O)C1=C[C@H](OC(C)=O)[C@@H](N=[N+]=[N-])[C@H]([C@@H](OC(C)=O)[C@@H](COCc2ccccc2)OC(C)=O)O1. The number of nitrogens with zero attached hydrogens (tertiary/aromatic N) is 3. The molecule has 0 saturated heterocycles. The fourth-order valence-electron chi connectivity index (χ4n) is 3.48. The Bertz CT molecular complexity index is 1020. The third-order valence-corrected chi connectivity index (χ3v) is 4.83. The van der Waals surface area contributed by atoms with Gasteiger partial charge in [-0.25, -0.2) is 4.79 Å². The molecule has 0 spiro atoms. The van der Waals surface area contributed by atoms with Crippen LogP contribution in [0.1, 0.15) is 26.3 Å². The van der Waals surface area contributed by atoms with Crippen molar-refractivity contribution in [1.82, 2.24) is 0 Å². The summed E-state index contributed by atoms with van der Waals surface area (Å²) in [4.78, 5) is 50.6. The summed E-state index contributed by atoms with van der Waals surface area (Å²) in [5.74, 6) is -3.57. The van der Waals surface area contributed by atoms with Gasteiger partial charge in [0.2, 0.25) is 5.76 Å². The van der Waals surface area contributed by atoms with Crippen LogP contribution in [0.4, 0.5) is 0 Å². The second-order valence-corrected chi connectivity index (χ2v) is 7.60. The molecule has 0 saturated carbocycles. The lowest BCUT2D eigenvalue weighted by atomic mass is 9.94. The second kappa shape index (κ2) is 13.7. The number of rotatable bonds is 11. The molecule has 2 rings (SSSR count). The zero-order valence-corrected chi connectivity index (χ0v) is 20.2. The average molecular weight is 505 g/mol. The van der Waals surface area contributed by atoms with Crippen molar-refractivity contribution in [2.75, 3.05) is 13.7 Å². The van der Waals surface area contributed by atoms with Crippen molar-refractivity contribution < 1.29 is 47.6 Å². The van der Waals surface area contributed by atoms with E-state index in [2.05, 4.69) is 10.0 Å². The minimum atomic E-state index is -1.44. The van der Waals surface area contributed by atoms with Gasteiger partial charge in [-0.15, -0.1) is 0 Å². The van der Waals surface area contributed by atoms with E-state index in [1.807, 2.05) is 30.3 Å². The summed E-state index contributed by atoms with van der Waals surface area (Å²) >= 11 is 0. The Hall–Kier alpha value is -4.09. The molecule has 0 aliphatic carbocycles. The molecular weight excluding hydrogens is 478 g/mol. The molecule has 0 aromatic heterocycles. The Balaban J connectivity index is 2.46. The summed E-state index contributed by atoms with van der Waals surface area (Å²) < 4.78 is 32.1. The van der Waals surface area contributed by atoms with Crippen molar-refractivity contribution in [3.8, 4) is 0 Å². The van der Waals surface area contributed by atoms with Crippen LogP contribution >= 0.6 is 0 Å². The van der Waals surface area contributed by atoms with E-state index in [9.17, 15) is 19.2 Å². The van der Waals surface area contributed by atoms with E-state index in [0.717, 1.165) is 39.5 Å². The van der Waals surface area contributed by atoms with Crippen LogP contribution in [0.3, 0.4) is 0 Å². The highest BCUT2D eigenvalue weighted by molar-refractivity contribution is 5.86. The fourth-order valence-corrected chi connectivity index (χ4v) is 3.48. The number of hydrogen-bond donors (Lipinski definition) is 0. The first-order valence-corrected chi connectivity index (χ1v) is 10.8. The van der Waals surface area contributed by atoms with Crippen LogP contribution in [-0.4, -0.2) is 68.1 Å². The molecule has 1 heterocycles. The molecule has 13 nitrogen and oxygen atoms in total. The molecule has 1 aliphatic heterocycles. The van der Waals surface area contributed by atoms with Gasteiger partial charge >= 0.3 is 23.9 Å². The normalized spacial score (nSPS) is 20.3. The lowest BCUT2D eigenvalue weighted by molar-refractivity contribution is -0.189. The topological polar surface area (TPSA) is 172 Å². The van der Waals surface area contributed by atoms with Crippen LogP contribution in [-0.2, 0) is 54.2 Å². The van der Waals surface area contributed by atoms with Crippen molar-refractivity contribution in [2.24, 2.45) is 5.11 Å². The van der Waals surface area contributed by atoms with Gasteiger partial charge in [-0.2, -0.15) is 0 Å². The highest BCUT2D eigenvalue weighted by atomic mass is 16.6. The Morgan fingerprint density at radius 1 is 1.06 bits per heavy atom. The number of methoxy groups -OCH3 is 1. The molecule has 5 atom stereocenters.